The van der Waals surface area contributed by atoms with Crippen LogP contribution in [0.3, 0.4) is 0 Å². The lowest BCUT2D eigenvalue weighted by Gasteiger charge is -1.96. The summed E-state index contributed by atoms with van der Waals surface area (Å²) in [5.74, 6) is 2.36. The molecule has 0 spiro atoms. The van der Waals surface area contributed by atoms with Gasteiger partial charge in [0.15, 0.2) is 0 Å². The first-order valence-electron chi connectivity index (χ1n) is 2.61. The molecule has 0 amide bonds. The molecule has 0 fully saturated rings. The molecule has 0 aliphatic heterocycles. The highest BCUT2D eigenvalue weighted by Crippen LogP contribution is 2.20. The molecule has 0 unspecified atom stereocenters. The number of nitrogens with zero attached hydrogens (tertiary/aromatic N) is 1. The lowest BCUT2D eigenvalue weighted by atomic mass is 10.3. The Kier molecular flexibility index (Phi) is 1.79. The average Bonchev–Trinajstić information content (AvgIpc) is 1.95. The van der Waals surface area contributed by atoms with Gasteiger partial charge in [-0.25, -0.2) is 0 Å². The lowest BCUT2D eigenvalue weighted by Crippen LogP contribution is -1.89. The molecule has 0 aromatic carbocycles. The SMILES string of the molecule is C#Cc1cncc(N)c1Cl. The number of halogens is 1. The van der Waals surface area contributed by atoms with Crippen molar-refractivity contribution in [2.75, 3.05) is 5.73 Å². The topological polar surface area (TPSA) is 38.9 Å². The van der Waals surface area contributed by atoms with E-state index in [4.69, 9.17) is 23.8 Å². The van der Waals surface area contributed by atoms with E-state index < -0.39 is 0 Å². The minimum absolute atomic E-state index is 0.400. The number of rotatable bonds is 0. The van der Waals surface area contributed by atoms with Crippen LogP contribution in [0.25, 0.3) is 0 Å². The second-order valence-corrected chi connectivity index (χ2v) is 2.11. The molecule has 50 valence electrons. The molecule has 0 aliphatic rings. The Morgan fingerprint density at radius 3 is 2.80 bits per heavy atom. The summed E-state index contributed by atoms with van der Waals surface area (Å²) in [4.78, 5) is 3.76. The minimum atomic E-state index is 0.400. The van der Waals surface area contributed by atoms with Crippen LogP contribution in [0.1, 0.15) is 5.56 Å². The highest BCUT2D eigenvalue weighted by molar-refractivity contribution is 6.34. The first-order chi connectivity index (χ1) is 4.75. The van der Waals surface area contributed by atoms with Crippen LogP contribution in [-0.2, 0) is 0 Å². The van der Waals surface area contributed by atoms with Crippen molar-refractivity contribution in [1.82, 2.24) is 4.98 Å². The van der Waals surface area contributed by atoms with E-state index in [-0.39, 0.29) is 0 Å². The van der Waals surface area contributed by atoms with Crippen molar-refractivity contribution in [2.45, 2.75) is 0 Å². The van der Waals surface area contributed by atoms with Gasteiger partial charge in [0.25, 0.3) is 0 Å². The van der Waals surface area contributed by atoms with E-state index in [1.165, 1.54) is 12.4 Å². The number of pyridine rings is 1. The molecule has 1 heterocycles. The maximum atomic E-state index is 5.69. The van der Waals surface area contributed by atoms with Gasteiger partial charge in [0, 0.05) is 6.20 Å². The molecule has 1 rings (SSSR count). The summed E-state index contributed by atoms with van der Waals surface area (Å²) >= 11 is 5.69. The Morgan fingerprint density at radius 2 is 2.30 bits per heavy atom. The van der Waals surface area contributed by atoms with Crippen molar-refractivity contribution in [2.24, 2.45) is 0 Å². The zero-order chi connectivity index (χ0) is 7.56. The smallest absolute Gasteiger partial charge is 0.0823 e. The average molecular weight is 153 g/mol. The fourth-order valence-electron chi connectivity index (χ4n) is 0.562. The molecule has 0 saturated heterocycles. The van der Waals surface area contributed by atoms with Crippen LogP contribution in [0.5, 0.6) is 0 Å². The van der Waals surface area contributed by atoms with Crippen molar-refractivity contribution in [3.05, 3.63) is 23.0 Å². The highest BCUT2D eigenvalue weighted by atomic mass is 35.5. The van der Waals surface area contributed by atoms with E-state index >= 15 is 0 Å². The van der Waals surface area contributed by atoms with Gasteiger partial charge in [-0.1, -0.05) is 17.5 Å². The summed E-state index contributed by atoms with van der Waals surface area (Å²) in [6.45, 7) is 0. The summed E-state index contributed by atoms with van der Waals surface area (Å²) in [6.07, 6.45) is 8.05. The standard InChI is InChI=1S/C7H5ClN2/c1-2-5-3-10-4-6(9)7(5)8/h1,3-4H,9H2. The Labute approximate surface area is 64.0 Å². The number of aromatic nitrogens is 1. The highest BCUT2D eigenvalue weighted by Gasteiger charge is 1.99. The van der Waals surface area contributed by atoms with Crippen molar-refractivity contribution >= 4 is 17.3 Å². The molecule has 0 atom stereocenters. The van der Waals surface area contributed by atoms with Gasteiger partial charge in [0.2, 0.25) is 0 Å². The van der Waals surface area contributed by atoms with Crippen LogP contribution in [0.15, 0.2) is 12.4 Å². The first kappa shape index (κ1) is 6.91. The Hall–Kier alpha value is -1.20. The molecule has 2 nitrogen and oxygen atoms in total. The fraction of sp³-hybridized carbons (Fsp3) is 0. The van der Waals surface area contributed by atoms with E-state index in [0.717, 1.165) is 0 Å². The number of hydrogen-bond donors (Lipinski definition) is 1. The number of anilines is 1. The first-order valence-corrected chi connectivity index (χ1v) is 2.99. The van der Waals surface area contributed by atoms with E-state index in [9.17, 15) is 0 Å². The number of nitrogen functional groups attached to an aromatic ring is 1. The van der Waals surface area contributed by atoms with Gasteiger partial charge in [0.05, 0.1) is 22.5 Å². The zero-order valence-electron chi connectivity index (χ0n) is 5.13. The van der Waals surface area contributed by atoms with Gasteiger partial charge in [-0.05, 0) is 0 Å². The Bertz CT molecular complexity index is 288. The maximum Gasteiger partial charge on any atom is 0.0823 e. The van der Waals surface area contributed by atoms with Crippen molar-refractivity contribution in [3.63, 3.8) is 0 Å². The van der Waals surface area contributed by atoms with Crippen molar-refractivity contribution < 1.29 is 0 Å². The molecule has 2 N–H and O–H groups in total. The molecule has 1 aromatic heterocycles. The third-order valence-electron chi connectivity index (χ3n) is 1.06. The van der Waals surface area contributed by atoms with E-state index in [0.29, 0.717) is 16.3 Å². The Balaban J connectivity index is 3.31. The van der Waals surface area contributed by atoms with Gasteiger partial charge in [-0.15, -0.1) is 6.42 Å². The Morgan fingerprint density at radius 1 is 1.60 bits per heavy atom. The zero-order valence-corrected chi connectivity index (χ0v) is 5.89. The molecular weight excluding hydrogens is 148 g/mol. The number of terminal acetylenes is 1. The monoisotopic (exact) mass is 152 g/mol. The molecule has 3 heteroatoms. The van der Waals surface area contributed by atoms with E-state index in [1.807, 2.05) is 0 Å². The third kappa shape index (κ3) is 1.04. The van der Waals surface area contributed by atoms with Crippen LogP contribution in [0.2, 0.25) is 5.02 Å². The maximum absolute atomic E-state index is 5.69. The minimum Gasteiger partial charge on any atom is -0.396 e. The summed E-state index contributed by atoms with van der Waals surface area (Å²) in [5, 5.41) is 0.400. The summed E-state index contributed by atoms with van der Waals surface area (Å²) in [6, 6.07) is 0. The number of nitrogens with two attached hydrogens (primary N) is 1. The molecule has 0 bridgehead atoms. The summed E-state index contributed by atoms with van der Waals surface area (Å²) < 4.78 is 0. The molecule has 0 aliphatic carbocycles. The van der Waals surface area contributed by atoms with Crippen LogP contribution in [0.4, 0.5) is 5.69 Å². The second-order valence-electron chi connectivity index (χ2n) is 1.73. The van der Waals surface area contributed by atoms with Crippen molar-refractivity contribution in [3.8, 4) is 12.3 Å². The van der Waals surface area contributed by atoms with Crippen LogP contribution in [-0.4, -0.2) is 4.98 Å². The van der Waals surface area contributed by atoms with Gasteiger partial charge in [0.1, 0.15) is 0 Å². The summed E-state index contributed by atoms with van der Waals surface area (Å²) in [7, 11) is 0. The van der Waals surface area contributed by atoms with Crippen LogP contribution >= 0.6 is 11.6 Å². The molecule has 0 radical (unpaired) electrons. The molecule has 10 heavy (non-hydrogen) atoms. The molecular formula is C7H5ClN2. The van der Waals surface area contributed by atoms with Gasteiger partial charge in [-0.2, -0.15) is 0 Å². The molecule has 0 saturated carbocycles. The number of hydrogen-bond acceptors (Lipinski definition) is 2. The summed E-state index contributed by atoms with van der Waals surface area (Å²) in [5.41, 5.74) is 6.35. The second kappa shape index (κ2) is 2.59. The van der Waals surface area contributed by atoms with E-state index in [2.05, 4.69) is 10.9 Å². The normalized spacial score (nSPS) is 8.80. The predicted octanol–water partition coefficient (Wildman–Crippen LogP) is 1.30. The van der Waals surface area contributed by atoms with Gasteiger partial charge >= 0.3 is 0 Å². The van der Waals surface area contributed by atoms with E-state index in [1.54, 1.807) is 0 Å². The van der Waals surface area contributed by atoms with Crippen LogP contribution in [0, 0.1) is 12.3 Å². The quantitative estimate of drug-likeness (QED) is 0.569. The van der Waals surface area contributed by atoms with Gasteiger partial charge in [-0.3, -0.25) is 4.98 Å². The van der Waals surface area contributed by atoms with Crippen LogP contribution < -0.4 is 5.73 Å². The predicted molar refractivity (Wildman–Crippen MR) is 41.6 cm³/mol. The molecule has 1 aromatic rings. The fourth-order valence-corrected chi connectivity index (χ4v) is 0.714. The largest absolute Gasteiger partial charge is 0.396 e. The van der Waals surface area contributed by atoms with Crippen molar-refractivity contribution in [1.29, 1.82) is 0 Å². The third-order valence-corrected chi connectivity index (χ3v) is 1.48. The lowest BCUT2D eigenvalue weighted by molar-refractivity contribution is 1.32. The van der Waals surface area contributed by atoms with Gasteiger partial charge < -0.3 is 5.73 Å².